The third-order valence-electron chi connectivity index (χ3n) is 6.37. The second kappa shape index (κ2) is 7.48. The van der Waals surface area contributed by atoms with Gasteiger partial charge in [0.15, 0.2) is 5.82 Å². The predicted octanol–water partition coefficient (Wildman–Crippen LogP) is 1.26. The Kier molecular flexibility index (Phi) is 4.81. The first kappa shape index (κ1) is 18.7. The molecule has 29 heavy (non-hydrogen) atoms. The summed E-state index contributed by atoms with van der Waals surface area (Å²) in [6.07, 6.45) is 4.28. The minimum Gasteiger partial charge on any atom is -0.392 e. The fraction of sp³-hybridized carbons (Fsp3) is 0.500. The van der Waals surface area contributed by atoms with E-state index in [1.165, 1.54) is 0 Å². The first-order valence-electron chi connectivity index (χ1n) is 10.4. The Morgan fingerprint density at radius 2 is 2.03 bits per heavy atom. The summed E-state index contributed by atoms with van der Waals surface area (Å²) in [4.78, 5) is 24.2. The highest BCUT2D eigenvalue weighted by Gasteiger charge is 2.44. The predicted molar refractivity (Wildman–Crippen MR) is 107 cm³/mol. The van der Waals surface area contributed by atoms with Gasteiger partial charge in [0, 0.05) is 31.4 Å². The number of aliphatic hydroxyl groups is 1. The molecule has 1 spiro atoms. The molecule has 2 aromatic rings. The Morgan fingerprint density at radius 3 is 2.76 bits per heavy atom. The monoisotopic (exact) mass is 394 g/mol. The molecule has 2 saturated heterocycles. The van der Waals surface area contributed by atoms with Crippen molar-refractivity contribution in [3.63, 3.8) is 0 Å². The molecule has 0 bridgehead atoms. The average Bonchev–Trinajstić information content (AvgIpc) is 3.21. The van der Waals surface area contributed by atoms with Gasteiger partial charge in [-0.15, -0.1) is 0 Å². The number of amides is 1. The third-order valence-corrected chi connectivity index (χ3v) is 6.37. The molecule has 2 N–H and O–H groups in total. The van der Waals surface area contributed by atoms with Crippen molar-refractivity contribution in [3.05, 3.63) is 47.8 Å². The number of fused-ring (bicyclic) bond motifs is 2. The van der Waals surface area contributed by atoms with Gasteiger partial charge in [0.2, 0.25) is 5.91 Å². The van der Waals surface area contributed by atoms with Gasteiger partial charge in [0.25, 0.3) is 0 Å². The van der Waals surface area contributed by atoms with Crippen LogP contribution in [0.1, 0.15) is 30.5 Å². The van der Waals surface area contributed by atoms with Gasteiger partial charge < -0.3 is 20.1 Å². The Morgan fingerprint density at radius 1 is 1.24 bits per heavy atom. The highest BCUT2D eigenvalue weighted by Crippen LogP contribution is 2.41. The third kappa shape index (κ3) is 3.43. The van der Waals surface area contributed by atoms with Crippen LogP contribution in [0.15, 0.2) is 36.5 Å². The molecule has 5 rings (SSSR count). The van der Waals surface area contributed by atoms with Crippen molar-refractivity contribution in [3.8, 4) is 11.4 Å². The van der Waals surface area contributed by atoms with E-state index >= 15 is 0 Å². The van der Waals surface area contributed by atoms with Crippen molar-refractivity contribution in [2.24, 2.45) is 0 Å². The lowest BCUT2D eigenvalue weighted by atomic mass is 9.83. The first-order chi connectivity index (χ1) is 14.1. The molecule has 0 saturated carbocycles. The standard InChI is InChI=1S/C22H26N4O3/c27-17-12-18(23-14-17)21(28)26-9-7-22(8-10-26)19-16(6-11-29-22)13-24-20(25-19)15-4-2-1-3-5-15/h1-5,13,17-18,23,27H,6-12,14H2/t17-,18-/m1/s1. The van der Waals surface area contributed by atoms with Gasteiger partial charge in [-0.05, 0) is 31.2 Å². The molecule has 1 amide bonds. The summed E-state index contributed by atoms with van der Waals surface area (Å²) < 4.78 is 6.31. The number of carbonyl (C=O) groups excluding carboxylic acids is 1. The van der Waals surface area contributed by atoms with Crippen LogP contribution in [0.3, 0.4) is 0 Å². The number of aromatic nitrogens is 2. The summed E-state index contributed by atoms with van der Waals surface area (Å²) in [5.41, 5.74) is 2.68. The number of ether oxygens (including phenoxy) is 1. The molecule has 0 unspecified atom stereocenters. The minimum absolute atomic E-state index is 0.0834. The first-order valence-corrected chi connectivity index (χ1v) is 10.4. The summed E-state index contributed by atoms with van der Waals surface area (Å²) >= 11 is 0. The zero-order valence-corrected chi connectivity index (χ0v) is 16.4. The second-order valence-electron chi connectivity index (χ2n) is 8.20. The van der Waals surface area contributed by atoms with E-state index < -0.39 is 11.7 Å². The normalized spacial score (nSPS) is 25.8. The molecule has 0 aliphatic carbocycles. The number of aliphatic hydroxyl groups excluding tert-OH is 1. The van der Waals surface area contributed by atoms with E-state index in [-0.39, 0.29) is 11.9 Å². The topological polar surface area (TPSA) is 87.6 Å². The molecule has 7 nitrogen and oxygen atoms in total. The summed E-state index contributed by atoms with van der Waals surface area (Å²) in [6, 6.07) is 9.72. The molecule has 2 atom stereocenters. The maximum Gasteiger partial charge on any atom is 0.239 e. The van der Waals surface area contributed by atoms with Gasteiger partial charge in [0.05, 0.1) is 24.4 Å². The minimum atomic E-state index is -0.445. The number of likely N-dealkylation sites (tertiary alicyclic amines) is 1. The van der Waals surface area contributed by atoms with E-state index in [4.69, 9.17) is 9.72 Å². The second-order valence-corrected chi connectivity index (χ2v) is 8.20. The largest absolute Gasteiger partial charge is 0.392 e. The summed E-state index contributed by atoms with van der Waals surface area (Å²) in [5, 5.41) is 12.8. The van der Waals surface area contributed by atoms with E-state index in [1.54, 1.807) is 0 Å². The fourth-order valence-corrected chi connectivity index (χ4v) is 4.73. The molecule has 7 heteroatoms. The number of rotatable bonds is 2. The molecule has 2 fully saturated rings. The molecule has 1 aromatic heterocycles. The van der Waals surface area contributed by atoms with Gasteiger partial charge in [-0.2, -0.15) is 0 Å². The number of hydrogen-bond acceptors (Lipinski definition) is 6. The molecular formula is C22H26N4O3. The molecule has 1 aromatic carbocycles. The van der Waals surface area contributed by atoms with Crippen LogP contribution in [0.2, 0.25) is 0 Å². The Hall–Kier alpha value is -2.35. The van der Waals surface area contributed by atoms with Crippen LogP contribution in [0.25, 0.3) is 11.4 Å². The zero-order chi connectivity index (χ0) is 19.8. The fourth-order valence-electron chi connectivity index (χ4n) is 4.73. The number of piperidine rings is 1. The van der Waals surface area contributed by atoms with E-state index in [0.717, 1.165) is 41.9 Å². The lowest BCUT2D eigenvalue weighted by Crippen LogP contribution is -2.52. The molecular weight excluding hydrogens is 368 g/mol. The van der Waals surface area contributed by atoms with Crippen LogP contribution in [-0.4, -0.2) is 64.3 Å². The Balaban J connectivity index is 1.37. The van der Waals surface area contributed by atoms with E-state index in [0.29, 0.717) is 32.7 Å². The Labute approximate surface area is 170 Å². The van der Waals surface area contributed by atoms with Crippen LogP contribution >= 0.6 is 0 Å². The maximum absolute atomic E-state index is 12.8. The van der Waals surface area contributed by atoms with E-state index in [9.17, 15) is 9.90 Å². The van der Waals surface area contributed by atoms with Crippen LogP contribution < -0.4 is 5.32 Å². The van der Waals surface area contributed by atoms with Crippen molar-refractivity contribution in [2.75, 3.05) is 26.2 Å². The van der Waals surface area contributed by atoms with Crippen LogP contribution in [-0.2, 0) is 21.6 Å². The van der Waals surface area contributed by atoms with Gasteiger partial charge in [-0.3, -0.25) is 4.79 Å². The summed E-state index contributed by atoms with van der Waals surface area (Å²) in [7, 11) is 0. The molecule has 3 aliphatic heterocycles. The summed E-state index contributed by atoms with van der Waals surface area (Å²) in [5.74, 6) is 0.803. The number of nitrogens with one attached hydrogen (secondary N) is 1. The smallest absolute Gasteiger partial charge is 0.239 e. The highest BCUT2D eigenvalue weighted by molar-refractivity contribution is 5.82. The van der Waals surface area contributed by atoms with E-state index in [2.05, 4.69) is 10.3 Å². The SMILES string of the molecule is O=C([C@H]1C[C@@H](O)CN1)N1CCC2(CC1)OCCc1cnc(-c3ccccc3)nc12. The number of hydrogen-bond donors (Lipinski definition) is 2. The van der Waals surface area contributed by atoms with Crippen LogP contribution in [0.5, 0.6) is 0 Å². The van der Waals surface area contributed by atoms with Crippen molar-refractivity contribution >= 4 is 5.91 Å². The lowest BCUT2D eigenvalue weighted by Gasteiger charge is -2.44. The lowest BCUT2D eigenvalue weighted by molar-refractivity contribution is -0.143. The number of β-amino-alcohol motifs (C(OH)–C–C–N with tert-alkyl or cyclic N) is 1. The number of carbonyl (C=O) groups is 1. The van der Waals surface area contributed by atoms with Crippen molar-refractivity contribution in [1.29, 1.82) is 0 Å². The maximum atomic E-state index is 12.8. The van der Waals surface area contributed by atoms with Crippen molar-refractivity contribution < 1.29 is 14.6 Å². The summed E-state index contributed by atoms with van der Waals surface area (Å²) in [6.45, 7) is 2.42. The van der Waals surface area contributed by atoms with Crippen LogP contribution in [0, 0.1) is 0 Å². The number of benzene rings is 1. The quantitative estimate of drug-likeness (QED) is 0.797. The molecule has 152 valence electrons. The number of nitrogens with zero attached hydrogens (tertiary/aromatic N) is 3. The van der Waals surface area contributed by atoms with Gasteiger partial charge in [-0.25, -0.2) is 9.97 Å². The van der Waals surface area contributed by atoms with Gasteiger partial charge in [-0.1, -0.05) is 30.3 Å². The molecule has 0 radical (unpaired) electrons. The van der Waals surface area contributed by atoms with E-state index in [1.807, 2.05) is 41.4 Å². The van der Waals surface area contributed by atoms with Crippen molar-refractivity contribution in [2.45, 2.75) is 43.4 Å². The average molecular weight is 394 g/mol. The molecule has 4 heterocycles. The van der Waals surface area contributed by atoms with Gasteiger partial charge >= 0.3 is 0 Å². The van der Waals surface area contributed by atoms with Crippen molar-refractivity contribution in [1.82, 2.24) is 20.2 Å². The van der Waals surface area contributed by atoms with Gasteiger partial charge in [0.1, 0.15) is 5.60 Å². The molecule has 3 aliphatic rings. The van der Waals surface area contributed by atoms with Crippen LogP contribution in [0.4, 0.5) is 0 Å². The zero-order valence-electron chi connectivity index (χ0n) is 16.4. The highest BCUT2D eigenvalue weighted by atomic mass is 16.5. The Bertz CT molecular complexity index is 896.